The van der Waals surface area contributed by atoms with Crippen molar-refractivity contribution in [3.05, 3.63) is 64.2 Å². The zero-order chi connectivity index (χ0) is 13.8. The number of hydrogen-bond acceptors (Lipinski definition) is 2. The molecule has 2 rings (SSSR count). The van der Waals surface area contributed by atoms with Crippen LogP contribution in [0.3, 0.4) is 0 Å². The van der Waals surface area contributed by atoms with E-state index in [9.17, 15) is 4.79 Å². The molecule has 2 N–H and O–H groups in total. The summed E-state index contributed by atoms with van der Waals surface area (Å²) in [6.45, 7) is 1.85. The summed E-state index contributed by atoms with van der Waals surface area (Å²) in [7, 11) is 0. The second-order valence-electron chi connectivity index (χ2n) is 4.27. The molecule has 0 aliphatic heterocycles. The Balaban J connectivity index is 2.13. The lowest BCUT2D eigenvalue weighted by Gasteiger charge is -2.07. The zero-order valence-electron chi connectivity index (χ0n) is 10.5. The van der Waals surface area contributed by atoms with Crippen LogP contribution < -0.4 is 5.32 Å². The molecule has 0 saturated heterocycles. The van der Waals surface area contributed by atoms with Gasteiger partial charge in [-0.2, -0.15) is 0 Å². The Kier molecular flexibility index (Phi) is 4.20. The molecular weight excluding hydrogens is 262 g/mol. The van der Waals surface area contributed by atoms with E-state index in [4.69, 9.17) is 16.7 Å². The van der Waals surface area contributed by atoms with Gasteiger partial charge < -0.3 is 10.4 Å². The molecule has 2 aromatic rings. The molecule has 19 heavy (non-hydrogen) atoms. The zero-order valence-corrected chi connectivity index (χ0v) is 11.2. The molecule has 2 aromatic carbocycles. The van der Waals surface area contributed by atoms with Crippen molar-refractivity contribution in [2.75, 3.05) is 5.32 Å². The van der Waals surface area contributed by atoms with Gasteiger partial charge >= 0.3 is 0 Å². The van der Waals surface area contributed by atoms with Crippen LogP contribution in [0.4, 0.5) is 5.69 Å². The van der Waals surface area contributed by atoms with Gasteiger partial charge in [0.15, 0.2) is 0 Å². The third-order valence-corrected chi connectivity index (χ3v) is 3.24. The Morgan fingerprint density at radius 2 is 1.89 bits per heavy atom. The number of amides is 1. The Labute approximate surface area is 116 Å². The van der Waals surface area contributed by atoms with Crippen LogP contribution in [0.5, 0.6) is 0 Å². The minimum atomic E-state index is -0.184. The second kappa shape index (κ2) is 5.87. The Bertz CT molecular complexity index is 594. The van der Waals surface area contributed by atoms with Crippen molar-refractivity contribution >= 4 is 23.2 Å². The number of halogens is 1. The number of carbonyl (C=O) groups is 1. The van der Waals surface area contributed by atoms with Crippen molar-refractivity contribution in [1.82, 2.24) is 0 Å². The van der Waals surface area contributed by atoms with Crippen molar-refractivity contribution in [1.29, 1.82) is 0 Å². The van der Waals surface area contributed by atoms with E-state index in [1.165, 1.54) is 0 Å². The van der Waals surface area contributed by atoms with Crippen LogP contribution in [0, 0.1) is 6.92 Å². The lowest BCUT2D eigenvalue weighted by atomic mass is 10.1. The standard InChI is InChI=1S/C15H14ClNO2/c1-10-8-12(4-7-14(10)16)15(19)17-13-5-2-11(9-18)3-6-13/h2-8,18H,9H2,1H3,(H,17,19). The van der Waals surface area contributed by atoms with Crippen LogP contribution in [0.2, 0.25) is 5.02 Å². The molecule has 0 aromatic heterocycles. The van der Waals surface area contributed by atoms with Gasteiger partial charge in [0.25, 0.3) is 5.91 Å². The number of aliphatic hydroxyl groups is 1. The topological polar surface area (TPSA) is 49.3 Å². The van der Waals surface area contributed by atoms with Gasteiger partial charge in [0, 0.05) is 16.3 Å². The quantitative estimate of drug-likeness (QED) is 0.902. The van der Waals surface area contributed by atoms with E-state index < -0.39 is 0 Å². The third kappa shape index (κ3) is 3.34. The Hall–Kier alpha value is -1.84. The van der Waals surface area contributed by atoms with E-state index in [1.807, 2.05) is 6.92 Å². The first kappa shape index (κ1) is 13.6. The van der Waals surface area contributed by atoms with Gasteiger partial charge in [0.2, 0.25) is 0 Å². The van der Waals surface area contributed by atoms with Gasteiger partial charge in [-0.15, -0.1) is 0 Å². The molecular formula is C15H14ClNO2. The minimum Gasteiger partial charge on any atom is -0.392 e. The number of carbonyl (C=O) groups excluding carboxylic acids is 1. The summed E-state index contributed by atoms with van der Waals surface area (Å²) in [5.74, 6) is -0.184. The Morgan fingerprint density at radius 3 is 2.47 bits per heavy atom. The summed E-state index contributed by atoms with van der Waals surface area (Å²) >= 11 is 5.92. The highest BCUT2D eigenvalue weighted by atomic mass is 35.5. The summed E-state index contributed by atoms with van der Waals surface area (Å²) in [5, 5.41) is 12.4. The van der Waals surface area contributed by atoms with Crippen molar-refractivity contribution in [3.8, 4) is 0 Å². The van der Waals surface area contributed by atoms with Crippen LogP contribution in [0.1, 0.15) is 21.5 Å². The number of rotatable bonds is 3. The van der Waals surface area contributed by atoms with E-state index >= 15 is 0 Å². The van der Waals surface area contributed by atoms with E-state index in [0.29, 0.717) is 16.3 Å². The Morgan fingerprint density at radius 1 is 1.21 bits per heavy atom. The number of benzene rings is 2. The first-order valence-corrected chi connectivity index (χ1v) is 6.25. The van der Waals surface area contributed by atoms with Crippen molar-refractivity contribution in [2.45, 2.75) is 13.5 Å². The van der Waals surface area contributed by atoms with Gasteiger partial charge in [0.1, 0.15) is 0 Å². The average molecular weight is 276 g/mol. The van der Waals surface area contributed by atoms with Gasteiger partial charge in [0.05, 0.1) is 6.61 Å². The maximum absolute atomic E-state index is 12.0. The molecule has 3 nitrogen and oxygen atoms in total. The van der Waals surface area contributed by atoms with Crippen LogP contribution in [-0.4, -0.2) is 11.0 Å². The maximum Gasteiger partial charge on any atom is 0.255 e. The summed E-state index contributed by atoms with van der Waals surface area (Å²) in [5.41, 5.74) is 2.92. The molecule has 0 unspecified atom stereocenters. The first-order chi connectivity index (χ1) is 9.10. The fourth-order valence-corrected chi connectivity index (χ4v) is 1.80. The molecule has 0 spiro atoms. The molecule has 0 bridgehead atoms. The molecule has 0 saturated carbocycles. The third-order valence-electron chi connectivity index (χ3n) is 2.81. The highest BCUT2D eigenvalue weighted by Gasteiger charge is 2.07. The monoisotopic (exact) mass is 275 g/mol. The van der Waals surface area contributed by atoms with E-state index in [2.05, 4.69) is 5.32 Å². The van der Waals surface area contributed by atoms with Crippen molar-refractivity contribution in [2.24, 2.45) is 0 Å². The number of nitrogens with one attached hydrogen (secondary N) is 1. The van der Waals surface area contributed by atoms with Gasteiger partial charge in [-0.05, 0) is 48.4 Å². The van der Waals surface area contributed by atoms with E-state index in [-0.39, 0.29) is 12.5 Å². The second-order valence-corrected chi connectivity index (χ2v) is 4.68. The summed E-state index contributed by atoms with van der Waals surface area (Å²) in [4.78, 5) is 12.0. The molecule has 0 aliphatic carbocycles. The van der Waals surface area contributed by atoms with Gasteiger partial charge in [-0.3, -0.25) is 4.79 Å². The molecule has 0 aliphatic rings. The molecule has 4 heteroatoms. The summed E-state index contributed by atoms with van der Waals surface area (Å²) < 4.78 is 0. The van der Waals surface area contributed by atoms with Crippen LogP contribution in [-0.2, 0) is 6.61 Å². The highest BCUT2D eigenvalue weighted by molar-refractivity contribution is 6.31. The summed E-state index contributed by atoms with van der Waals surface area (Å²) in [6.07, 6.45) is 0. The first-order valence-electron chi connectivity index (χ1n) is 5.87. The van der Waals surface area contributed by atoms with Crippen molar-refractivity contribution in [3.63, 3.8) is 0 Å². The molecule has 0 fully saturated rings. The number of hydrogen-bond donors (Lipinski definition) is 2. The SMILES string of the molecule is Cc1cc(C(=O)Nc2ccc(CO)cc2)ccc1Cl. The molecule has 1 amide bonds. The van der Waals surface area contributed by atoms with Crippen LogP contribution >= 0.6 is 11.6 Å². The average Bonchev–Trinajstić information content (AvgIpc) is 2.42. The maximum atomic E-state index is 12.0. The predicted octanol–water partition coefficient (Wildman–Crippen LogP) is 3.39. The number of aliphatic hydroxyl groups excluding tert-OH is 1. The van der Waals surface area contributed by atoms with E-state index in [0.717, 1.165) is 11.1 Å². The predicted molar refractivity (Wildman–Crippen MR) is 76.5 cm³/mol. The minimum absolute atomic E-state index is 0.00932. The molecule has 0 heterocycles. The lowest BCUT2D eigenvalue weighted by molar-refractivity contribution is 0.102. The van der Waals surface area contributed by atoms with Gasteiger partial charge in [-0.1, -0.05) is 23.7 Å². The molecule has 0 radical (unpaired) electrons. The number of anilines is 1. The van der Waals surface area contributed by atoms with Crippen LogP contribution in [0.25, 0.3) is 0 Å². The number of aryl methyl sites for hydroxylation is 1. The molecule has 0 atom stereocenters. The normalized spacial score (nSPS) is 10.3. The largest absolute Gasteiger partial charge is 0.392 e. The fourth-order valence-electron chi connectivity index (χ4n) is 1.68. The molecule has 98 valence electrons. The highest BCUT2D eigenvalue weighted by Crippen LogP contribution is 2.17. The van der Waals surface area contributed by atoms with Gasteiger partial charge in [-0.25, -0.2) is 0 Å². The summed E-state index contributed by atoms with van der Waals surface area (Å²) in [6, 6.07) is 12.2. The van der Waals surface area contributed by atoms with Crippen molar-refractivity contribution < 1.29 is 9.90 Å². The van der Waals surface area contributed by atoms with E-state index in [1.54, 1.807) is 42.5 Å². The lowest BCUT2D eigenvalue weighted by Crippen LogP contribution is -2.12. The fraction of sp³-hybridized carbons (Fsp3) is 0.133. The smallest absolute Gasteiger partial charge is 0.255 e. The van der Waals surface area contributed by atoms with Crippen LogP contribution in [0.15, 0.2) is 42.5 Å².